The molecule has 2 aromatic rings. The van der Waals surface area contributed by atoms with Crippen LogP contribution >= 0.6 is 34.8 Å². The first-order valence-electron chi connectivity index (χ1n) is 8.06. The number of pyridine rings is 1. The summed E-state index contributed by atoms with van der Waals surface area (Å²) in [6, 6.07) is 9.38. The Balaban J connectivity index is 1.72. The summed E-state index contributed by atoms with van der Waals surface area (Å²) in [7, 11) is 0. The van der Waals surface area contributed by atoms with Gasteiger partial charge in [-0.05, 0) is 44.0 Å². The summed E-state index contributed by atoms with van der Waals surface area (Å²) >= 11 is 18.2. The average molecular weight is 399 g/mol. The van der Waals surface area contributed by atoms with Crippen LogP contribution in [-0.4, -0.2) is 28.4 Å². The number of amides is 1. The van der Waals surface area contributed by atoms with Crippen LogP contribution in [0.4, 0.5) is 5.69 Å². The molecule has 1 aliphatic rings. The molecule has 0 aliphatic heterocycles. The highest BCUT2D eigenvalue weighted by Gasteiger charge is 2.34. The zero-order chi connectivity index (χ0) is 18.0. The lowest BCUT2D eigenvalue weighted by Gasteiger charge is -2.28. The van der Waals surface area contributed by atoms with E-state index in [1.165, 1.54) is 0 Å². The van der Waals surface area contributed by atoms with Gasteiger partial charge in [0, 0.05) is 17.3 Å². The van der Waals surface area contributed by atoms with Crippen LogP contribution in [-0.2, 0) is 4.79 Å². The van der Waals surface area contributed by atoms with E-state index in [0.29, 0.717) is 26.8 Å². The van der Waals surface area contributed by atoms with Crippen molar-refractivity contribution >= 4 is 46.4 Å². The first-order valence-corrected chi connectivity index (χ1v) is 9.20. The van der Waals surface area contributed by atoms with E-state index < -0.39 is 0 Å². The lowest BCUT2D eigenvalue weighted by Crippen LogP contribution is -2.37. The molecule has 25 heavy (non-hydrogen) atoms. The number of anilines is 1. The van der Waals surface area contributed by atoms with Crippen LogP contribution in [0, 0.1) is 0 Å². The Morgan fingerprint density at radius 3 is 2.52 bits per heavy atom. The summed E-state index contributed by atoms with van der Waals surface area (Å²) in [4.78, 5) is 19.1. The second kappa shape index (κ2) is 7.92. The Bertz CT molecular complexity index is 742. The molecule has 0 bridgehead atoms. The van der Waals surface area contributed by atoms with E-state index in [-0.39, 0.29) is 18.5 Å². The predicted octanol–water partition coefficient (Wildman–Crippen LogP) is 5.21. The second-order valence-corrected chi connectivity index (χ2v) is 7.38. The maximum atomic E-state index is 12.6. The number of carbonyl (C=O) groups excluding carboxylic acids is 1. The van der Waals surface area contributed by atoms with Gasteiger partial charge in [-0.2, -0.15) is 0 Å². The fraction of sp³-hybridized carbons (Fsp3) is 0.333. The molecule has 0 saturated heterocycles. The van der Waals surface area contributed by atoms with Crippen LogP contribution in [0.15, 0.2) is 36.5 Å². The van der Waals surface area contributed by atoms with Crippen molar-refractivity contribution in [2.75, 3.05) is 11.9 Å². The molecule has 7 heteroatoms. The summed E-state index contributed by atoms with van der Waals surface area (Å²) in [6.45, 7) is 2.31. The van der Waals surface area contributed by atoms with Gasteiger partial charge < -0.3 is 5.32 Å². The molecule has 3 rings (SSSR count). The number of hydrogen-bond acceptors (Lipinski definition) is 3. The van der Waals surface area contributed by atoms with Gasteiger partial charge in [-0.25, -0.2) is 0 Å². The van der Waals surface area contributed by atoms with Gasteiger partial charge in [0.15, 0.2) is 0 Å². The Labute approximate surface area is 162 Å². The molecule has 0 spiro atoms. The van der Waals surface area contributed by atoms with E-state index in [1.54, 1.807) is 18.3 Å². The van der Waals surface area contributed by atoms with Gasteiger partial charge in [0.25, 0.3) is 0 Å². The summed E-state index contributed by atoms with van der Waals surface area (Å²) in [5.74, 6) is -0.166. The minimum Gasteiger partial charge on any atom is -0.322 e. The van der Waals surface area contributed by atoms with E-state index in [1.807, 2.05) is 18.2 Å². The van der Waals surface area contributed by atoms with Crippen LogP contribution in [0.3, 0.4) is 0 Å². The van der Waals surface area contributed by atoms with Crippen LogP contribution in [0.2, 0.25) is 15.1 Å². The minimum absolute atomic E-state index is 0.0515. The van der Waals surface area contributed by atoms with Crippen LogP contribution in [0.5, 0.6) is 0 Å². The summed E-state index contributed by atoms with van der Waals surface area (Å²) in [5.41, 5.74) is 1.34. The number of hydrogen-bond donors (Lipinski definition) is 1. The lowest BCUT2D eigenvalue weighted by molar-refractivity contribution is -0.118. The molecule has 1 heterocycles. The van der Waals surface area contributed by atoms with Crippen molar-refractivity contribution in [3.05, 3.63) is 57.3 Å². The largest absolute Gasteiger partial charge is 0.322 e. The minimum atomic E-state index is -0.166. The number of rotatable bonds is 6. The zero-order valence-corrected chi connectivity index (χ0v) is 15.9. The van der Waals surface area contributed by atoms with Crippen molar-refractivity contribution in [3.63, 3.8) is 0 Å². The fourth-order valence-electron chi connectivity index (χ4n) is 2.79. The van der Waals surface area contributed by atoms with Gasteiger partial charge in [0.05, 0.1) is 34.0 Å². The van der Waals surface area contributed by atoms with Gasteiger partial charge in [0.2, 0.25) is 5.91 Å². The number of benzene rings is 1. The Morgan fingerprint density at radius 1 is 1.28 bits per heavy atom. The second-order valence-electron chi connectivity index (χ2n) is 6.13. The molecular formula is C18H18Cl3N3O. The van der Waals surface area contributed by atoms with Crippen LogP contribution in [0.25, 0.3) is 0 Å². The van der Waals surface area contributed by atoms with Crippen LogP contribution < -0.4 is 5.32 Å². The molecule has 1 fully saturated rings. The molecule has 132 valence electrons. The first-order chi connectivity index (χ1) is 12.0. The molecule has 1 aromatic heterocycles. The number of nitrogens with one attached hydrogen (secondary N) is 1. The molecular weight excluding hydrogens is 381 g/mol. The number of aromatic nitrogens is 1. The third-order valence-corrected chi connectivity index (χ3v) is 5.04. The quantitative estimate of drug-likeness (QED) is 0.727. The van der Waals surface area contributed by atoms with E-state index in [0.717, 1.165) is 18.5 Å². The number of nitrogens with zero attached hydrogens (tertiary/aromatic N) is 2. The SMILES string of the molecule is C[C@@H](c1ccccn1)N(CC(=O)Nc1c(Cl)cc(Cl)cc1Cl)C1CC1. The van der Waals surface area contributed by atoms with Gasteiger partial charge in [-0.1, -0.05) is 40.9 Å². The van der Waals surface area contributed by atoms with E-state index in [4.69, 9.17) is 34.8 Å². The zero-order valence-electron chi connectivity index (χ0n) is 13.7. The molecule has 0 unspecified atom stereocenters. The van der Waals surface area contributed by atoms with Crippen molar-refractivity contribution in [1.82, 2.24) is 9.88 Å². The third-order valence-electron chi connectivity index (χ3n) is 4.23. The molecule has 1 saturated carbocycles. The number of carbonyl (C=O) groups is 1. The molecule has 1 aliphatic carbocycles. The number of halogens is 3. The molecule has 1 N–H and O–H groups in total. The summed E-state index contributed by atoms with van der Waals surface area (Å²) in [6.07, 6.45) is 3.95. The van der Waals surface area contributed by atoms with Crippen LogP contribution in [0.1, 0.15) is 31.5 Å². The Hall–Kier alpha value is -1.33. The van der Waals surface area contributed by atoms with Crippen molar-refractivity contribution in [2.45, 2.75) is 31.8 Å². The molecule has 4 nitrogen and oxygen atoms in total. The summed E-state index contributed by atoms with van der Waals surface area (Å²) in [5, 5.41) is 3.87. The van der Waals surface area contributed by atoms with Crippen molar-refractivity contribution < 1.29 is 4.79 Å². The predicted molar refractivity (Wildman–Crippen MR) is 102 cm³/mol. The Morgan fingerprint density at radius 2 is 1.96 bits per heavy atom. The maximum Gasteiger partial charge on any atom is 0.238 e. The normalized spacial score (nSPS) is 15.2. The molecule has 1 amide bonds. The van der Waals surface area contributed by atoms with Crippen molar-refractivity contribution in [1.29, 1.82) is 0 Å². The highest BCUT2D eigenvalue weighted by Crippen LogP contribution is 2.35. The van der Waals surface area contributed by atoms with Crippen molar-refractivity contribution in [3.8, 4) is 0 Å². The summed E-state index contributed by atoms with van der Waals surface area (Å²) < 4.78 is 0. The Kier molecular flexibility index (Phi) is 5.85. The average Bonchev–Trinajstić information content (AvgIpc) is 3.41. The first kappa shape index (κ1) is 18.5. The third kappa shape index (κ3) is 4.64. The lowest BCUT2D eigenvalue weighted by atomic mass is 10.1. The highest BCUT2D eigenvalue weighted by molar-refractivity contribution is 6.42. The maximum absolute atomic E-state index is 12.6. The van der Waals surface area contributed by atoms with E-state index >= 15 is 0 Å². The van der Waals surface area contributed by atoms with Gasteiger partial charge in [-0.15, -0.1) is 0 Å². The van der Waals surface area contributed by atoms with Gasteiger partial charge in [0.1, 0.15) is 0 Å². The molecule has 0 radical (unpaired) electrons. The highest BCUT2D eigenvalue weighted by atomic mass is 35.5. The molecule has 1 aromatic carbocycles. The molecule has 1 atom stereocenters. The topological polar surface area (TPSA) is 45.2 Å². The standard InChI is InChI=1S/C18H18Cl3N3O/c1-11(16-4-2-3-7-22-16)24(13-5-6-13)10-17(25)23-18-14(20)8-12(19)9-15(18)21/h2-4,7-9,11,13H,5-6,10H2,1H3,(H,23,25)/t11-/m0/s1. The van der Waals surface area contributed by atoms with Gasteiger partial charge >= 0.3 is 0 Å². The monoisotopic (exact) mass is 397 g/mol. The smallest absolute Gasteiger partial charge is 0.238 e. The van der Waals surface area contributed by atoms with E-state index in [2.05, 4.69) is 22.1 Å². The van der Waals surface area contributed by atoms with E-state index in [9.17, 15) is 4.79 Å². The van der Waals surface area contributed by atoms with Crippen molar-refractivity contribution in [2.24, 2.45) is 0 Å². The fourth-order valence-corrected chi connectivity index (χ4v) is 3.70. The van der Waals surface area contributed by atoms with Gasteiger partial charge in [-0.3, -0.25) is 14.7 Å².